The minimum absolute atomic E-state index is 0.0648. The number of rotatable bonds is 8. The van der Waals surface area contributed by atoms with E-state index >= 15 is 0 Å². The van der Waals surface area contributed by atoms with Gasteiger partial charge in [0.15, 0.2) is 5.96 Å². The summed E-state index contributed by atoms with van der Waals surface area (Å²) in [5.74, 6) is 2.69. The van der Waals surface area contributed by atoms with Crippen LogP contribution in [-0.2, 0) is 23.2 Å². The van der Waals surface area contributed by atoms with Crippen LogP contribution in [0.4, 0.5) is 0 Å². The highest BCUT2D eigenvalue weighted by molar-refractivity contribution is 5.79. The zero-order valence-electron chi connectivity index (χ0n) is 16.7. The molecule has 0 aliphatic carbocycles. The van der Waals surface area contributed by atoms with E-state index in [1.807, 2.05) is 12.1 Å². The van der Waals surface area contributed by atoms with Crippen molar-refractivity contribution in [1.82, 2.24) is 20.6 Å². The number of oxazole rings is 1. The number of aliphatic imine (C=N–C) groups is 1. The van der Waals surface area contributed by atoms with Gasteiger partial charge in [-0.05, 0) is 6.07 Å². The van der Waals surface area contributed by atoms with Crippen molar-refractivity contribution in [2.24, 2.45) is 4.99 Å². The normalized spacial score (nSPS) is 12.1. The Morgan fingerprint density at radius 1 is 1.19 bits per heavy atom. The molecule has 0 fully saturated rings. The smallest absolute Gasteiger partial charge is 0.218 e. The first kappa shape index (κ1) is 20.7. The highest BCUT2D eigenvalue weighted by Gasteiger charge is 2.19. The van der Waals surface area contributed by atoms with Gasteiger partial charge in [-0.3, -0.25) is 4.99 Å². The van der Waals surface area contributed by atoms with Gasteiger partial charge in [0.25, 0.3) is 0 Å². The molecule has 8 nitrogen and oxygen atoms in total. The van der Waals surface area contributed by atoms with E-state index < -0.39 is 0 Å². The molecule has 0 aliphatic heterocycles. The van der Waals surface area contributed by atoms with E-state index in [-0.39, 0.29) is 5.41 Å². The molecule has 2 aromatic rings. The van der Waals surface area contributed by atoms with E-state index in [4.69, 9.17) is 13.9 Å². The summed E-state index contributed by atoms with van der Waals surface area (Å²) in [6, 6.07) is 3.83. The fraction of sp³-hybridized carbons (Fsp3) is 0.526. The molecule has 2 N–H and O–H groups in total. The Balaban J connectivity index is 1.88. The molecule has 0 saturated carbocycles. The van der Waals surface area contributed by atoms with Crippen molar-refractivity contribution in [3.05, 3.63) is 41.7 Å². The highest BCUT2D eigenvalue weighted by Crippen LogP contribution is 2.22. The molecular formula is C19H29N5O3. The number of hydrogen-bond acceptors (Lipinski definition) is 6. The molecule has 0 aliphatic rings. The molecule has 0 spiro atoms. The van der Waals surface area contributed by atoms with Gasteiger partial charge in [0.2, 0.25) is 11.8 Å². The van der Waals surface area contributed by atoms with Crippen LogP contribution < -0.4 is 15.4 Å². The molecule has 0 radical (unpaired) electrons. The fourth-order valence-corrected chi connectivity index (χ4v) is 2.21. The largest absolute Gasteiger partial charge is 0.475 e. The van der Waals surface area contributed by atoms with Crippen molar-refractivity contribution >= 4 is 5.96 Å². The molecule has 2 heterocycles. The van der Waals surface area contributed by atoms with Gasteiger partial charge in [-0.2, -0.15) is 0 Å². The molecule has 0 unspecified atom stereocenters. The van der Waals surface area contributed by atoms with Gasteiger partial charge in [-0.25, -0.2) is 9.97 Å². The number of nitrogens with zero attached hydrogens (tertiary/aromatic N) is 3. The topological polar surface area (TPSA) is 93.8 Å². The maximum atomic E-state index is 5.78. The van der Waals surface area contributed by atoms with Gasteiger partial charge < -0.3 is 24.5 Å². The number of hydrogen-bond donors (Lipinski definition) is 2. The number of aromatic nitrogens is 2. The van der Waals surface area contributed by atoms with E-state index in [9.17, 15) is 0 Å². The van der Waals surface area contributed by atoms with Gasteiger partial charge in [-0.1, -0.05) is 26.8 Å². The quantitative estimate of drug-likeness (QED) is 0.415. The second-order valence-electron chi connectivity index (χ2n) is 6.96. The molecule has 2 aromatic heterocycles. The second kappa shape index (κ2) is 9.91. The lowest BCUT2D eigenvalue weighted by atomic mass is 9.94. The van der Waals surface area contributed by atoms with Gasteiger partial charge in [-0.15, -0.1) is 0 Å². The Bertz CT molecular complexity index is 737. The van der Waals surface area contributed by atoms with Gasteiger partial charge in [0, 0.05) is 37.9 Å². The SMILES string of the molecule is CN=C(NCc1ncc(C(C)(C)C)o1)NCc1cccnc1OCCOC. The van der Waals surface area contributed by atoms with Crippen molar-refractivity contribution in [1.29, 1.82) is 0 Å². The van der Waals surface area contributed by atoms with E-state index in [0.717, 1.165) is 11.3 Å². The van der Waals surface area contributed by atoms with E-state index in [1.165, 1.54) is 0 Å². The predicted molar refractivity (Wildman–Crippen MR) is 104 cm³/mol. The maximum Gasteiger partial charge on any atom is 0.218 e. The third kappa shape index (κ3) is 6.56. The van der Waals surface area contributed by atoms with Crippen LogP contribution in [0.5, 0.6) is 5.88 Å². The van der Waals surface area contributed by atoms with Crippen molar-refractivity contribution < 1.29 is 13.9 Å². The van der Waals surface area contributed by atoms with Crippen molar-refractivity contribution in [2.75, 3.05) is 27.4 Å². The van der Waals surface area contributed by atoms with Crippen LogP contribution in [0.2, 0.25) is 0 Å². The number of guanidine groups is 1. The number of nitrogens with one attached hydrogen (secondary N) is 2. The van der Waals surface area contributed by atoms with Gasteiger partial charge in [0.1, 0.15) is 12.4 Å². The Labute approximate surface area is 160 Å². The molecule has 27 heavy (non-hydrogen) atoms. The van der Waals surface area contributed by atoms with E-state index in [2.05, 4.69) is 46.4 Å². The van der Waals surface area contributed by atoms with Crippen molar-refractivity contribution in [3.63, 3.8) is 0 Å². The predicted octanol–water partition coefficient (Wildman–Crippen LogP) is 2.26. The molecule has 0 amide bonds. The first-order valence-electron chi connectivity index (χ1n) is 8.89. The summed E-state index contributed by atoms with van der Waals surface area (Å²) >= 11 is 0. The standard InChI is InChI=1S/C19H29N5O3/c1-19(2,3)15-12-22-16(27-15)13-24-18(20-4)23-11-14-7-6-8-21-17(14)26-10-9-25-5/h6-8,12H,9-11,13H2,1-5H3,(H2,20,23,24). The molecule has 148 valence electrons. The molecule has 8 heteroatoms. The fourth-order valence-electron chi connectivity index (χ4n) is 2.21. The van der Waals surface area contributed by atoms with Crippen LogP contribution in [0.25, 0.3) is 0 Å². The van der Waals surface area contributed by atoms with Crippen LogP contribution in [0.1, 0.15) is 38.0 Å². The van der Waals surface area contributed by atoms with Crippen LogP contribution in [0, 0.1) is 0 Å². The third-order valence-corrected chi connectivity index (χ3v) is 3.75. The lowest BCUT2D eigenvalue weighted by Gasteiger charge is -2.14. The number of ether oxygens (including phenoxy) is 2. The van der Waals surface area contributed by atoms with Crippen LogP contribution >= 0.6 is 0 Å². The van der Waals surface area contributed by atoms with E-state index in [0.29, 0.717) is 44.0 Å². The lowest BCUT2D eigenvalue weighted by molar-refractivity contribution is 0.143. The molecule has 0 aromatic carbocycles. The lowest BCUT2D eigenvalue weighted by Crippen LogP contribution is -2.36. The number of methoxy groups -OCH3 is 1. The Kier molecular flexibility index (Phi) is 7.60. The minimum Gasteiger partial charge on any atom is -0.475 e. The number of pyridine rings is 1. The van der Waals surface area contributed by atoms with Crippen molar-refractivity contribution in [2.45, 2.75) is 39.3 Å². The Hall–Kier alpha value is -2.61. The van der Waals surface area contributed by atoms with Crippen LogP contribution in [0.15, 0.2) is 33.9 Å². The summed E-state index contributed by atoms with van der Waals surface area (Å²) in [6.45, 7) is 8.20. The maximum absolute atomic E-state index is 5.78. The summed E-state index contributed by atoms with van der Waals surface area (Å²) in [4.78, 5) is 12.8. The minimum atomic E-state index is -0.0648. The molecule has 2 rings (SSSR count). The molecule has 0 saturated heterocycles. The highest BCUT2D eigenvalue weighted by atomic mass is 16.5. The summed E-state index contributed by atoms with van der Waals surface area (Å²) in [5.41, 5.74) is 0.868. The molecular weight excluding hydrogens is 346 g/mol. The Morgan fingerprint density at radius 3 is 2.63 bits per heavy atom. The van der Waals surface area contributed by atoms with Gasteiger partial charge >= 0.3 is 0 Å². The van der Waals surface area contributed by atoms with Gasteiger partial charge in [0.05, 0.1) is 19.3 Å². The molecule has 0 atom stereocenters. The second-order valence-corrected chi connectivity index (χ2v) is 6.96. The first-order chi connectivity index (χ1) is 12.9. The van der Waals surface area contributed by atoms with Crippen molar-refractivity contribution in [3.8, 4) is 5.88 Å². The molecule has 0 bridgehead atoms. The Morgan fingerprint density at radius 2 is 1.96 bits per heavy atom. The average Bonchev–Trinajstić information content (AvgIpc) is 3.12. The third-order valence-electron chi connectivity index (χ3n) is 3.75. The monoisotopic (exact) mass is 375 g/mol. The zero-order chi connectivity index (χ0) is 19.7. The summed E-state index contributed by atoms with van der Waals surface area (Å²) < 4.78 is 16.4. The zero-order valence-corrected chi connectivity index (χ0v) is 16.7. The van der Waals surface area contributed by atoms with E-state index in [1.54, 1.807) is 26.6 Å². The van der Waals surface area contributed by atoms with Crippen LogP contribution in [-0.4, -0.2) is 43.3 Å². The summed E-state index contributed by atoms with van der Waals surface area (Å²) in [5, 5.41) is 6.44. The summed E-state index contributed by atoms with van der Waals surface area (Å²) in [7, 11) is 3.35. The first-order valence-corrected chi connectivity index (χ1v) is 8.89. The van der Waals surface area contributed by atoms with Crippen LogP contribution in [0.3, 0.4) is 0 Å². The summed E-state index contributed by atoms with van der Waals surface area (Å²) in [6.07, 6.45) is 3.47. The average molecular weight is 375 g/mol.